The first-order valence-corrected chi connectivity index (χ1v) is 8.16. The topological polar surface area (TPSA) is 18.5 Å². The average molecular weight is 270 g/mol. The summed E-state index contributed by atoms with van der Waals surface area (Å²) in [4.78, 5) is 0. The molecule has 0 aromatic rings. The van der Waals surface area contributed by atoms with Crippen LogP contribution < -0.4 is 0 Å². The van der Waals surface area contributed by atoms with E-state index in [4.69, 9.17) is 9.47 Å². The summed E-state index contributed by atoms with van der Waals surface area (Å²) in [5, 5.41) is 0. The van der Waals surface area contributed by atoms with E-state index in [-0.39, 0.29) is 0 Å². The maximum absolute atomic E-state index is 5.85. The molecule has 19 heavy (non-hydrogen) atoms. The normalized spacial score (nSPS) is 12.4. The monoisotopic (exact) mass is 270 g/mol. The number of rotatable bonds is 13. The summed E-state index contributed by atoms with van der Waals surface area (Å²) in [6.07, 6.45) is 14.3. The van der Waals surface area contributed by atoms with Gasteiger partial charge < -0.3 is 9.47 Å². The molecule has 0 aromatic heterocycles. The lowest BCUT2D eigenvalue weighted by Gasteiger charge is -2.30. The molecule has 0 N–H and O–H groups in total. The summed E-state index contributed by atoms with van der Waals surface area (Å²) in [5.41, 5.74) is 0. The molecular formula is C17H34O2. The van der Waals surface area contributed by atoms with Gasteiger partial charge in [-0.1, -0.05) is 51.5 Å². The summed E-state index contributed by atoms with van der Waals surface area (Å²) in [6.45, 7) is 9.73. The molecule has 0 aliphatic rings. The maximum atomic E-state index is 5.85. The number of hydrogen-bond acceptors (Lipinski definition) is 2. The molecule has 0 fully saturated rings. The lowest BCUT2D eigenvalue weighted by molar-refractivity contribution is -0.203. The molecule has 0 bridgehead atoms. The molecule has 0 saturated carbocycles. The summed E-state index contributed by atoms with van der Waals surface area (Å²) in [6, 6.07) is 0. The van der Waals surface area contributed by atoms with Crippen LogP contribution in [0.5, 0.6) is 0 Å². The zero-order valence-electron chi connectivity index (χ0n) is 13.5. The van der Waals surface area contributed by atoms with Crippen molar-refractivity contribution in [2.24, 2.45) is 0 Å². The van der Waals surface area contributed by atoms with Gasteiger partial charge in [0, 0.05) is 19.6 Å². The third kappa shape index (κ3) is 9.23. The molecule has 0 aliphatic heterocycles. The van der Waals surface area contributed by atoms with E-state index in [0.717, 1.165) is 6.42 Å². The molecule has 0 aromatic carbocycles. The van der Waals surface area contributed by atoms with Crippen molar-refractivity contribution in [1.82, 2.24) is 0 Å². The van der Waals surface area contributed by atoms with Gasteiger partial charge in [0.2, 0.25) is 0 Å². The molecule has 114 valence electrons. The highest BCUT2D eigenvalue weighted by Gasteiger charge is 2.26. The van der Waals surface area contributed by atoms with Gasteiger partial charge in [-0.2, -0.15) is 0 Å². The van der Waals surface area contributed by atoms with E-state index < -0.39 is 5.79 Å². The Morgan fingerprint density at radius 1 is 0.789 bits per heavy atom. The number of hydrogen-bond donors (Lipinski definition) is 0. The Labute approximate surface area is 120 Å². The van der Waals surface area contributed by atoms with Crippen LogP contribution in [0.4, 0.5) is 0 Å². The van der Waals surface area contributed by atoms with Crippen LogP contribution in [0, 0.1) is 0 Å². The molecular weight excluding hydrogens is 236 g/mol. The van der Waals surface area contributed by atoms with Crippen molar-refractivity contribution in [2.45, 2.75) is 84.8 Å². The first-order chi connectivity index (χ1) is 9.24. The molecule has 0 saturated heterocycles. The quantitative estimate of drug-likeness (QED) is 0.251. The molecule has 2 nitrogen and oxygen atoms in total. The number of unbranched alkanes of at least 4 members (excludes halogenated alkanes) is 6. The Morgan fingerprint density at radius 2 is 1.32 bits per heavy atom. The minimum Gasteiger partial charge on any atom is -0.347 e. The van der Waals surface area contributed by atoms with Crippen LogP contribution in [0.2, 0.25) is 0 Å². The largest absolute Gasteiger partial charge is 0.347 e. The second-order valence-corrected chi connectivity index (χ2v) is 5.05. The molecule has 0 aliphatic carbocycles. The molecule has 0 radical (unpaired) electrons. The molecule has 0 atom stereocenters. The van der Waals surface area contributed by atoms with Crippen molar-refractivity contribution in [3.8, 4) is 0 Å². The highest BCUT2D eigenvalue weighted by atomic mass is 16.7. The highest BCUT2D eigenvalue weighted by molar-refractivity contribution is 4.94. The molecule has 0 amide bonds. The van der Waals surface area contributed by atoms with Crippen molar-refractivity contribution in [3.63, 3.8) is 0 Å². The highest BCUT2D eigenvalue weighted by Crippen LogP contribution is 2.24. The third-order valence-corrected chi connectivity index (χ3v) is 3.33. The minimum absolute atomic E-state index is 0.484. The lowest BCUT2D eigenvalue weighted by atomic mass is 10.0. The van der Waals surface area contributed by atoms with Crippen molar-refractivity contribution in [2.75, 3.05) is 13.2 Å². The Morgan fingerprint density at radius 3 is 1.79 bits per heavy atom. The predicted molar refractivity (Wildman–Crippen MR) is 83.4 cm³/mol. The smallest absolute Gasteiger partial charge is 0.187 e. The second-order valence-electron chi connectivity index (χ2n) is 5.05. The van der Waals surface area contributed by atoms with Crippen LogP contribution in [-0.2, 0) is 9.47 Å². The van der Waals surface area contributed by atoms with Crippen LogP contribution in [0.15, 0.2) is 12.2 Å². The van der Waals surface area contributed by atoms with Crippen molar-refractivity contribution >= 4 is 0 Å². The van der Waals surface area contributed by atoms with Gasteiger partial charge in [0.15, 0.2) is 5.79 Å². The molecule has 0 unspecified atom stereocenters. The van der Waals surface area contributed by atoms with Crippen molar-refractivity contribution < 1.29 is 9.47 Å². The Balaban J connectivity index is 3.97. The summed E-state index contributed by atoms with van der Waals surface area (Å²) in [7, 11) is 0. The fraction of sp³-hybridized carbons (Fsp3) is 0.882. The molecule has 0 rings (SSSR count). The Hall–Kier alpha value is -0.340. The Bertz CT molecular complexity index is 205. The van der Waals surface area contributed by atoms with Gasteiger partial charge in [0.25, 0.3) is 0 Å². The fourth-order valence-electron chi connectivity index (χ4n) is 2.44. The van der Waals surface area contributed by atoms with E-state index in [1.165, 1.54) is 44.9 Å². The lowest BCUT2D eigenvalue weighted by Crippen LogP contribution is -2.34. The van der Waals surface area contributed by atoms with Crippen molar-refractivity contribution in [1.29, 1.82) is 0 Å². The van der Waals surface area contributed by atoms with Gasteiger partial charge >= 0.3 is 0 Å². The zero-order valence-corrected chi connectivity index (χ0v) is 13.5. The van der Waals surface area contributed by atoms with Crippen LogP contribution in [-0.4, -0.2) is 19.0 Å². The summed E-state index contributed by atoms with van der Waals surface area (Å²) >= 11 is 0. The standard InChI is InChI=1S/C17H34O2/c1-5-9-10-11-12-13-14-16-17(15-6-2,18-7-3)19-8-4/h6,15H,5,7-14,16H2,1-4H3. The average Bonchev–Trinajstić information content (AvgIpc) is 2.39. The minimum atomic E-state index is -0.484. The predicted octanol–water partition coefficient (Wildman–Crippen LogP) is 5.47. The first kappa shape index (κ1) is 18.7. The van der Waals surface area contributed by atoms with Gasteiger partial charge in [-0.3, -0.25) is 0 Å². The van der Waals surface area contributed by atoms with Crippen molar-refractivity contribution in [3.05, 3.63) is 12.2 Å². The Kier molecular flexibility index (Phi) is 12.5. The summed E-state index contributed by atoms with van der Waals surface area (Å²) < 4.78 is 11.7. The third-order valence-electron chi connectivity index (χ3n) is 3.33. The molecule has 2 heteroatoms. The van der Waals surface area contributed by atoms with Crippen LogP contribution in [0.3, 0.4) is 0 Å². The van der Waals surface area contributed by atoms with E-state index in [0.29, 0.717) is 13.2 Å². The van der Waals surface area contributed by atoms with Gasteiger partial charge in [0.1, 0.15) is 0 Å². The summed E-state index contributed by atoms with van der Waals surface area (Å²) in [5.74, 6) is -0.484. The zero-order chi connectivity index (χ0) is 14.4. The number of ether oxygens (including phenoxy) is 2. The van der Waals surface area contributed by atoms with Gasteiger partial charge in [0.05, 0.1) is 0 Å². The van der Waals surface area contributed by atoms with Crippen LogP contribution in [0.25, 0.3) is 0 Å². The number of allylic oxidation sites excluding steroid dienone is 1. The van der Waals surface area contributed by atoms with Gasteiger partial charge in [-0.05, 0) is 33.3 Å². The first-order valence-electron chi connectivity index (χ1n) is 8.16. The molecule has 0 heterocycles. The van der Waals surface area contributed by atoms with Crippen LogP contribution in [0.1, 0.15) is 79.1 Å². The van der Waals surface area contributed by atoms with E-state index in [1.54, 1.807) is 0 Å². The van der Waals surface area contributed by atoms with E-state index in [1.807, 2.05) is 26.8 Å². The van der Waals surface area contributed by atoms with E-state index in [9.17, 15) is 0 Å². The van der Waals surface area contributed by atoms with Gasteiger partial charge in [-0.15, -0.1) is 0 Å². The van der Waals surface area contributed by atoms with E-state index in [2.05, 4.69) is 13.0 Å². The maximum Gasteiger partial charge on any atom is 0.187 e. The fourth-order valence-corrected chi connectivity index (χ4v) is 2.44. The van der Waals surface area contributed by atoms with Crippen LogP contribution >= 0.6 is 0 Å². The van der Waals surface area contributed by atoms with E-state index >= 15 is 0 Å². The SMILES string of the molecule is CC=CC(CCCCCCCCC)(OCC)OCC. The van der Waals surface area contributed by atoms with Gasteiger partial charge in [-0.25, -0.2) is 0 Å². The second kappa shape index (κ2) is 12.7. The molecule has 0 spiro atoms.